The Kier molecular flexibility index (Phi) is 4.23. The first kappa shape index (κ1) is 18.6. The minimum Gasteiger partial charge on any atom is -0.325 e. The van der Waals surface area contributed by atoms with E-state index >= 15 is 0 Å². The maximum absolute atomic E-state index is 13.3. The van der Waals surface area contributed by atoms with Crippen LogP contribution in [0.2, 0.25) is 0 Å². The summed E-state index contributed by atoms with van der Waals surface area (Å²) in [4.78, 5) is 37.9. The van der Waals surface area contributed by atoms with Gasteiger partial charge in [-0.15, -0.1) is 0 Å². The molecule has 0 radical (unpaired) electrons. The molecule has 0 N–H and O–H groups in total. The van der Waals surface area contributed by atoms with Crippen LogP contribution >= 0.6 is 0 Å². The molecule has 30 heavy (non-hydrogen) atoms. The van der Waals surface area contributed by atoms with Crippen molar-refractivity contribution >= 4 is 23.6 Å². The monoisotopic (exact) mass is 407 g/mol. The summed E-state index contributed by atoms with van der Waals surface area (Å²) in [7, 11) is 1.67. The van der Waals surface area contributed by atoms with Crippen molar-refractivity contribution in [1.82, 2.24) is 14.7 Å². The highest BCUT2D eigenvalue weighted by Crippen LogP contribution is 2.34. The second kappa shape index (κ2) is 6.83. The Morgan fingerprint density at radius 3 is 2.60 bits per heavy atom. The number of urea groups is 1. The minimum atomic E-state index is -0.544. The van der Waals surface area contributed by atoms with E-state index in [9.17, 15) is 14.0 Å². The van der Waals surface area contributed by atoms with Crippen molar-refractivity contribution in [1.29, 1.82) is 0 Å². The number of rotatable bonds is 3. The molecule has 2 fully saturated rings. The lowest BCUT2D eigenvalue weighted by molar-refractivity contribution is -0.137. The van der Waals surface area contributed by atoms with Gasteiger partial charge in [0.2, 0.25) is 5.96 Å². The standard InChI is InChI=1S/C22H22FN5O2/c1-14-4-3-5-17(12-14)26-10-11-27-18-19(24-21(26)27)25(2)22(30)28(20(18)29)13-15-6-8-16(23)9-7-15/h3-9,12,18-19H,10-11,13H2,1-2H3. The second-order valence-electron chi connectivity index (χ2n) is 7.92. The number of imide groups is 1. The number of carbonyl (C=O) groups excluding carboxylic acids is 2. The molecule has 0 aliphatic carbocycles. The molecular formula is C22H22FN5O2. The van der Waals surface area contributed by atoms with Crippen LogP contribution in [-0.2, 0) is 11.3 Å². The lowest BCUT2D eigenvalue weighted by Gasteiger charge is -2.40. The van der Waals surface area contributed by atoms with E-state index in [-0.39, 0.29) is 18.3 Å². The van der Waals surface area contributed by atoms with Gasteiger partial charge in [0.05, 0.1) is 6.54 Å². The van der Waals surface area contributed by atoms with Crippen LogP contribution in [0.4, 0.5) is 14.9 Å². The van der Waals surface area contributed by atoms with Gasteiger partial charge in [0.15, 0.2) is 12.2 Å². The number of anilines is 1. The lowest BCUT2D eigenvalue weighted by Crippen LogP contribution is -2.64. The molecule has 3 amide bonds. The molecule has 2 aromatic carbocycles. The molecule has 0 aromatic heterocycles. The van der Waals surface area contributed by atoms with Gasteiger partial charge in [0, 0.05) is 25.8 Å². The molecule has 3 aliphatic rings. The zero-order valence-corrected chi connectivity index (χ0v) is 16.8. The summed E-state index contributed by atoms with van der Waals surface area (Å²) in [6.45, 7) is 3.54. The van der Waals surface area contributed by atoms with Crippen molar-refractivity contribution in [2.75, 3.05) is 25.0 Å². The van der Waals surface area contributed by atoms with Crippen LogP contribution in [0.5, 0.6) is 0 Å². The first-order valence-corrected chi connectivity index (χ1v) is 9.95. The van der Waals surface area contributed by atoms with Crippen molar-refractivity contribution < 1.29 is 14.0 Å². The molecule has 8 heteroatoms. The van der Waals surface area contributed by atoms with Gasteiger partial charge in [-0.25, -0.2) is 14.2 Å². The largest absolute Gasteiger partial charge is 0.328 e. The quantitative estimate of drug-likeness (QED) is 0.784. The molecule has 2 aromatic rings. The summed E-state index contributed by atoms with van der Waals surface area (Å²) in [5, 5.41) is 0. The number of carbonyl (C=O) groups is 2. The molecule has 7 nitrogen and oxygen atoms in total. The average molecular weight is 407 g/mol. The van der Waals surface area contributed by atoms with E-state index in [1.54, 1.807) is 19.2 Å². The summed E-state index contributed by atoms with van der Waals surface area (Å²) in [6.07, 6.45) is -0.544. The number of hydrogen-bond acceptors (Lipinski definition) is 5. The Balaban J connectivity index is 1.43. The molecular weight excluding hydrogens is 385 g/mol. The van der Waals surface area contributed by atoms with Crippen molar-refractivity contribution in [2.45, 2.75) is 25.7 Å². The fourth-order valence-electron chi connectivity index (χ4n) is 4.40. The highest BCUT2D eigenvalue weighted by Gasteiger charge is 2.54. The number of likely N-dealkylation sites (N-methyl/N-ethyl adjacent to an activating group) is 1. The van der Waals surface area contributed by atoms with Crippen LogP contribution in [0.15, 0.2) is 53.5 Å². The van der Waals surface area contributed by atoms with Crippen molar-refractivity contribution in [3.8, 4) is 0 Å². The SMILES string of the molecule is Cc1cccc(N2CCN3C2=NC2C3C(=O)N(Cc3ccc(F)cc3)C(=O)N2C)c1. The maximum Gasteiger partial charge on any atom is 0.328 e. The predicted molar refractivity (Wildman–Crippen MR) is 110 cm³/mol. The van der Waals surface area contributed by atoms with Crippen LogP contribution in [0.1, 0.15) is 11.1 Å². The number of hydrogen-bond donors (Lipinski definition) is 0. The fourth-order valence-corrected chi connectivity index (χ4v) is 4.40. The third kappa shape index (κ3) is 2.82. The highest BCUT2D eigenvalue weighted by atomic mass is 19.1. The zero-order chi connectivity index (χ0) is 21.0. The van der Waals surface area contributed by atoms with E-state index in [4.69, 9.17) is 4.99 Å². The van der Waals surface area contributed by atoms with Gasteiger partial charge in [-0.2, -0.15) is 0 Å². The average Bonchev–Trinajstić information content (AvgIpc) is 3.30. The summed E-state index contributed by atoms with van der Waals surface area (Å²) >= 11 is 0. The number of aliphatic imine (C=N–C) groups is 1. The molecule has 3 heterocycles. The number of nitrogens with zero attached hydrogens (tertiary/aromatic N) is 5. The summed E-state index contributed by atoms with van der Waals surface area (Å²) in [6, 6.07) is 13.1. The Labute approximate surface area is 174 Å². The van der Waals surface area contributed by atoms with E-state index in [1.165, 1.54) is 21.9 Å². The van der Waals surface area contributed by atoms with Crippen molar-refractivity contribution in [2.24, 2.45) is 4.99 Å². The third-order valence-corrected chi connectivity index (χ3v) is 5.94. The van der Waals surface area contributed by atoms with Gasteiger partial charge in [-0.1, -0.05) is 24.3 Å². The van der Waals surface area contributed by atoms with Gasteiger partial charge < -0.3 is 14.7 Å². The maximum atomic E-state index is 13.3. The molecule has 2 unspecified atom stereocenters. The second-order valence-corrected chi connectivity index (χ2v) is 7.92. The van der Waals surface area contributed by atoms with E-state index in [1.807, 2.05) is 30.0 Å². The van der Waals surface area contributed by atoms with E-state index in [0.29, 0.717) is 12.1 Å². The van der Waals surface area contributed by atoms with Crippen LogP contribution in [-0.4, -0.2) is 64.9 Å². The topological polar surface area (TPSA) is 59.5 Å². The number of benzene rings is 2. The Morgan fingerprint density at radius 2 is 1.87 bits per heavy atom. The number of halogens is 1. The number of guanidine groups is 1. The van der Waals surface area contributed by atoms with E-state index < -0.39 is 18.2 Å². The van der Waals surface area contributed by atoms with E-state index in [0.717, 1.165) is 23.8 Å². The van der Waals surface area contributed by atoms with Crippen LogP contribution < -0.4 is 4.90 Å². The number of aryl methyl sites for hydroxylation is 1. The first-order valence-electron chi connectivity index (χ1n) is 9.95. The number of amides is 3. The van der Waals surface area contributed by atoms with Crippen molar-refractivity contribution in [3.05, 3.63) is 65.5 Å². The number of fused-ring (bicyclic) bond motifs is 3. The van der Waals surface area contributed by atoms with Crippen LogP contribution in [0, 0.1) is 12.7 Å². The van der Waals surface area contributed by atoms with Crippen LogP contribution in [0.25, 0.3) is 0 Å². The Hall–Kier alpha value is -3.42. The van der Waals surface area contributed by atoms with Crippen molar-refractivity contribution in [3.63, 3.8) is 0 Å². The van der Waals surface area contributed by atoms with Gasteiger partial charge in [-0.05, 0) is 42.3 Å². The molecule has 0 bridgehead atoms. The molecule has 2 saturated heterocycles. The predicted octanol–water partition coefficient (Wildman–Crippen LogP) is 2.41. The molecule has 154 valence electrons. The highest BCUT2D eigenvalue weighted by molar-refractivity contribution is 6.07. The summed E-state index contributed by atoms with van der Waals surface area (Å²) < 4.78 is 13.2. The Bertz CT molecular complexity index is 1050. The fraction of sp³-hybridized carbons (Fsp3) is 0.318. The molecule has 3 aliphatic heterocycles. The third-order valence-electron chi connectivity index (χ3n) is 5.94. The van der Waals surface area contributed by atoms with Gasteiger partial charge in [0.1, 0.15) is 5.82 Å². The first-order chi connectivity index (χ1) is 14.4. The molecule has 2 atom stereocenters. The normalized spacial score (nSPS) is 23.1. The molecule has 0 spiro atoms. The lowest BCUT2D eigenvalue weighted by atomic mass is 10.1. The van der Waals surface area contributed by atoms with E-state index in [2.05, 4.69) is 11.0 Å². The molecule has 5 rings (SSSR count). The molecule has 0 saturated carbocycles. The smallest absolute Gasteiger partial charge is 0.325 e. The zero-order valence-electron chi connectivity index (χ0n) is 16.8. The summed E-state index contributed by atoms with van der Waals surface area (Å²) in [5.74, 6) is 0.110. The summed E-state index contributed by atoms with van der Waals surface area (Å²) in [5.41, 5.74) is 2.88. The van der Waals surface area contributed by atoms with Gasteiger partial charge in [-0.3, -0.25) is 9.69 Å². The Morgan fingerprint density at radius 1 is 1.10 bits per heavy atom. The van der Waals surface area contributed by atoms with Crippen LogP contribution in [0.3, 0.4) is 0 Å². The van der Waals surface area contributed by atoms with Gasteiger partial charge in [0.25, 0.3) is 5.91 Å². The minimum absolute atomic E-state index is 0.107. The van der Waals surface area contributed by atoms with Gasteiger partial charge >= 0.3 is 6.03 Å².